The lowest BCUT2D eigenvalue weighted by Gasteiger charge is -2.43. The van der Waals surface area contributed by atoms with Gasteiger partial charge in [-0.05, 0) is 23.6 Å². The highest BCUT2D eigenvalue weighted by Gasteiger charge is 2.55. The molecule has 0 bridgehead atoms. The maximum atomic E-state index is 14.1. The molecule has 6 rings (SSSR count). The summed E-state index contributed by atoms with van der Waals surface area (Å²) in [5.41, 5.74) is 3.87. The first-order chi connectivity index (χ1) is 19.6. The van der Waals surface area contributed by atoms with Gasteiger partial charge in [0.25, 0.3) is 5.91 Å². The number of aliphatic imine (C=N–C) groups is 1. The van der Waals surface area contributed by atoms with Gasteiger partial charge in [0.1, 0.15) is 11.1 Å². The Bertz CT molecular complexity index is 1380. The number of benzene rings is 3. The topological polar surface area (TPSA) is 71.4 Å². The van der Waals surface area contributed by atoms with Crippen molar-refractivity contribution in [1.82, 2.24) is 9.80 Å². The Hall–Kier alpha value is -3.88. The lowest BCUT2D eigenvalue weighted by molar-refractivity contribution is -0.153. The van der Waals surface area contributed by atoms with Gasteiger partial charge in [0.2, 0.25) is 0 Å². The van der Waals surface area contributed by atoms with Crippen molar-refractivity contribution in [1.29, 1.82) is 0 Å². The molecule has 204 valence electrons. The number of esters is 1. The van der Waals surface area contributed by atoms with Gasteiger partial charge in [-0.2, -0.15) is 0 Å². The van der Waals surface area contributed by atoms with E-state index in [0.717, 1.165) is 27.4 Å². The van der Waals surface area contributed by atoms with Gasteiger partial charge in [-0.1, -0.05) is 103 Å². The van der Waals surface area contributed by atoms with Crippen molar-refractivity contribution in [3.8, 4) is 0 Å². The number of thioether (sulfide) groups is 1. The minimum atomic E-state index is -0.615. The summed E-state index contributed by atoms with van der Waals surface area (Å²) in [5, 5.41) is 0.636. The van der Waals surface area contributed by atoms with Crippen LogP contribution in [0.4, 0.5) is 0 Å². The first-order valence-corrected chi connectivity index (χ1v) is 14.4. The van der Waals surface area contributed by atoms with Gasteiger partial charge in [0, 0.05) is 25.2 Å². The van der Waals surface area contributed by atoms with E-state index in [2.05, 4.69) is 17.0 Å². The summed E-state index contributed by atoms with van der Waals surface area (Å²) in [6.07, 6.45) is 0.0473. The molecule has 2 unspecified atom stereocenters. The minimum Gasteiger partial charge on any atom is -0.448 e. The fourth-order valence-corrected chi connectivity index (χ4v) is 6.65. The van der Waals surface area contributed by atoms with Crippen LogP contribution >= 0.6 is 11.8 Å². The molecule has 40 heavy (non-hydrogen) atoms. The number of carbonyl (C=O) groups excluding carboxylic acids is 2. The van der Waals surface area contributed by atoms with Gasteiger partial charge in [0.15, 0.2) is 12.1 Å². The second kappa shape index (κ2) is 11.7. The number of rotatable bonds is 8. The number of nitrogens with zero attached hydrogens (tertiary/aromatic N) is 3. The standard InChI is InChI=1S/C32H31N3O4S/c1-22(34-17-19-38-20-18-34)28(32(37)39-29(24-13-7-3-8-14-24)25-15-9-4-10-16-25)35-30(36)27-31(35)40-26(33-27)21-23-11-5-2-6-12-23/h2-16,27,29,31H,17-21H2,1H3. The van der Waals surface area contributed by atoms with Crippen LogP contribution in [-0.2, 0) is 25.5 Å². The van der Waals surface area contributed by atoms with E-state index in [0.29, 0.717) is 32.7 Å². The zero-order valence-corrected chi connectivity index (χ0v) is 23.1. The monoisotopic (exact) mass is 553 g/mol. The molecule has 3 aliphatic heterocycles. The average molecular weight is 554 g/mol. The summed E-state index contributed by atoms with van der Waals surface area (Å²) in [7, 11) is 0. The van der Waals surface area contributed by atoms with Crippen LogP contribution in [0.2, 0.25) is 0 Å². The van der Waals surface area contributed by atoms with Crippen LogP contribution in [0.3, 0.4) is 0 Å². The quantitative estimate of drug-likeness (QED) is 0.227. The lowest BCUT2D eigenvalue weighted by atomic mass is 10.0. The zero-order valence-electron chi connectivity index (χ0n) is 22.3. The van der Waals surface area contributed by atoms with Crippen LogP contribution in [0.5, 0.6) is 0 Å². The van der Waals surface area contributed by atoms with E-state index in [9.17, 15) is 9.59 Å². The smallest absolute Gasteiger partial charge is 0.357 e. The van der Waals surface area contributed by atoms with Crippen molar-refractivity contribution in [2.75, 3.05) is 26.3 Å². The normalized spacial score (nSPS) is 20.9. The van der Waals surface area contributed by atoms with E-state index >= 15 is 0 Å². The van der Waals surface area contributed by atoms with Crippen molar-refractivity contribution >= 4 is 28.7 Å². The molecule has 0 N–H and O–H groups in total. The molecule has 3 aromatic carbocycles. The number of ether oxygens (including phenoxy) is 2. The summed E-state index contributed by atoms with van der Waals surface area (Å²) in [6.45, 7) is 4.31. The minimum absolute atomic E-state index is 0.170. The summed E-state index contributed by atoms with van der Waals surface area (Å²) in [5.74, 6) is -0.693. The Labute approximate surface area is 238 Å². The molecule has 8 heteroatoms. The highest BCUT2D eigenvalue weighted by Crippen LogP contribution is 2.43. The summed E-state index contributed by atoms with van der Waals surface area (Å²) in [6, 6.07) is 29.0. The second-order valence-corrected chi connectivity index (χ2v) is 11.2. The molecule has 2 atom stereocenters. The first-order valence-electron chi connectivity index (χ1n) is 13.5. The van der Waals surface area contributed by atoms with Crippen LogP contribution in [0.15, 0.2) is 107 Å². The number of likely N-dealkylation sites (tertiary alicyclic amines) is 1. The predicted molar refractivity (Wildman–Crippen MR) is 156 cm³/mol. The van der Waals surface area contributed by atoms with Gasteiger partial charge in [0.05, 0.1) is 18.3 Å². The Morgan fingerprint density at radius 3 is 2.12 bits per heavy atom. The van der Waals surface area contributed by atoms with E-state index in [-0.39, 0.29) is 17.0 Å². The van der Waals surface area contributed by atoms with Gasteiger partial charge >= 0.3 is 5.97 Å². The summed E-state index contributed by atoms with van der Waals surface area (Å²) < 4.78 is 11.8. The molecule has 0 aromatic heterocycles. The third kappa shape index (κ3) is 5.29. The van der Waals surface area contributed by atoms with Crippen LogP contribution in [0, 0.1) is 0 Å². The zero-order chi connectivity index (χ0) is 27.5. The SMILES string of the molecule is CC(=C(C(=O)OC(c1ccccc1)c1ccccc1)N1C(=O)C2N=C(Cc3ccccc3)SC21)N1CCOCC1. The van der Waals surface area contributed by atoms with Crippen LogP contribution in [0.25, 0.3) is 0 Å². The maximum Gasteiger partial charge on any atom is 0.357 e. The molecule has 0 spiro atoms. The highest BCUT2D eigenvalue weighted by molar-refractivity contribution is 8.14. The third-order valence-electron chi connectivity index (χ3n) is 7.44. The molecular weight excluding hydrogens is 522 g/mol. The highest BCUT2D eigenvalue weighted by atomic mass is 32.2. The molecular formula is C32H31N3O4S. The average Bonchev–Trinajstić information content (AvgIpc) is 3.38. The lowest BCUT2D eigenvalue weighted by Crippen LogP contribution is -2.61. The molecule has 7 nitrogen and oxygen atoms in total. The van der Waals surface area contributed by atoms with E-state index < -0.39 is 18.1 Å². The molecule has 2 saturated heterocycles. The number of amides is 1. The molecule has 0 aliphatic carbocycles. The largest absolute Gasteiger partial charge is 0.448 e. The predicted octanol–water partition coefficient (Wildman–Crippen LogP) is 4.81. The van der Waals surface area contributed by atoms with Crippen LogP contribution in [0.1, 0.15) is 29.7 Å². The number of hydrogen-bond acceptors (Lipinski definition) is 7. The van der Waals surface area contributed by atoms with E-state index in [1.54, 1.807) is 16.7 Å². The van der Waals surface area contributed by atoms with Gasteiger partial charge in [-0.25, -0.2) is 4.79 Å². The Morgan fingerprint density at radius 2 is 1.52 bits per heavy atom. The maximum absolute atomic E-state index is 14.1. The van der Waals surface area contributed by atoms with E-state index in [1.807, 2.05) is 85.8 Å². The molecule has 3 aliphatic rings. The molecule has 0 radical (unpaired) electrons. The Balaban J connectivity index is 1.30. The number of carbonyl (C=O) groups is 2. The molecule has 3 aromatic rings. The van der Waals surface area contributed by atoms with Gasteiger partial charge in [-0.15, -0.1) is 0 Å². The van der Waals surface area contributed by atoms with Crippen molar-refractivity contribution < 1.29 is 19.1 Å². The fourth-order valence-electron chi connectivity index (χ4n) is 5.32. The molecule has 1 amide bonds. The van der Waals surface area contributed by atoms with Crippen molar-refractivity contribution in [3.63, 3.8) is 0 Å². The summed E-state index contributed by atoms with van der Waals surface area (Å²) >= 11 is 1.56. The summed E-state index contributed by atoms with van der Waals surface area (Å²) in [4.78, 5) is 36.1. The Morgan fingerprint density at radius 1 is 0.950 bits per heavy atom. The van der Waals surface area contributed by atoms with Crippen LogP contribution in [-0.4, -0.2) is 64.4 Å². The number of morpholine rings is 1. The number of hydrogen-bond donors (Lipinski definition) is 0. The number of fused-ring (bicyclic) bond motifs is 1. The fraction of sp³-hybridized carbons (Fsp3) is 0.281. The van der Waals surface area contributed by atoms with Crippen molar-refractivity contribution in [2.24, 2.45) is 4.99 Å². The van der Waals surface area contributed by atoms with Crippen molar-refractivity contribution in [2.45, 2.75) is 30.9 Å². The van der Waals surface area contributed by atoms with Crippen molar-refractivity contribution in [3.05, 3.63) is 119 Å². The number of allylic oxidation sites excluding steroid dienone is 1. The Kier molecular flexibility index (Phi) is 7.71. The molecule has 2 fully saturated rings. The first kappa shape index (κ1) is 26.3. The molecule has 3 heterocycles. The second-order valence-electron chi connectivity index (χ2n) is 9.99. The van der Waals surface area contributed by atoms with Crippen LogP contribution < -0.4 is 0 Å². The number of β-lactam (4-membered cyclic amide) rings is 1. The van der Waals surface area contributed by atoms with E-state index in [1.165, 1.54) is 0 Å². The third-order valence-corrected chi connectivity index (χ3v) is 8.68. The molecule has 0 saturated carbocycles. The van der Waals surface area contributed by atoms with Gasteiger partial charge < -0.3 is 14.4 Å². The van der Waals surface area contributed by atoms with E-state index in [4.69, 9.17) is 14.5 Å². The van der Waals surface area contributed by atoms with Gasteiger partial charge in [-0.3, -0.25) is 14.7 Å².